The molecular weight excluding hydrogens is 433 g/mol. The molecule has 1 aromatic heterocycles. The molecule has 2 N–H and O–H groups in total. The molecule has 25 heavy (non-hydrogen) atoms. The van der Waals surface area contributed by atoms with Crippen LogP contribution < -0.4 is 15.4 Å². The minimum Gasteiger partial charge on any atom is -0.475 e. The van der Waals surface area contributed by atoms with Crippen LogP contribution in [0, 0.1) is 3.57 Å². The maximum atomic E-state index is 12.1. The second-order valence-corrected chi connectivity index (χ2v) is 6.74. The minimum absolute atomic E-state index is 0.00279. The zero-order chi connectivity index (χ0) is 18.2. The topological polar surface area (TPSA) is 80.3 Å². The van der Waals surface area contributed by atoms with Crippen molar-refractivity contribution in [1.29, 1.82) is 0 Å². The van der Waals surface area contributed by atoms with E-state index in [0.29, 0.717) is 11.4 Å². The van der Waals surface area contributed by atoms with E-state index in [1.807, 2.05) is 32.0 Å². The Morgan fingerprint density at radius 1 is 1.16 bits per heavy atom. The molecule has 0 bridgehead atoms. The Morgan fingerprint density at radius 2 is 1.92 bits per heavy atom. The number of nitrogens with zero attached hydrogens (tertiary/aromatic N) is 1. The van der Waals surface area contributed by atoms with E-state index in [4.69, 9.17) is 4.74 Å². The van der Waals surface area contributed by atoms with Gasteiger partial charge in [0.25, 0.3) is 5.91 Å². The molecular formula is C18H20IN3O3. The molecule has 0 radical (unpaired) electrons. The van der Waals surface area contributed by atoms with Crippen molar-refractivity contribution in [2.75, 3.05) is 6.54 Å². The fourth-order valence-electron chi connectivity index (χ4n) is 2.05. The van der Waals surface area contributed by atoms with Crippen molar-refractivity contribution in [3.8, 4) is 5.88 Å². The molecule has 0 unspecified atom stereocenters. The lowest BCUT2D eigenvalue weighted by atomic mass is 10.2. The first-order valence-electron chi connectivity index (χ1n) is 7.87. The third-order valence-electron chi connectivity index (χ3n) is 3.20. The first-order valence-corrected chi connectivity index (χ1v) is 8.95. The van der Waals surface area contributed by atoms with Crippen molar-refractivity contribution < 1.29 is 14.3 Å². The standard InChI is InChI=1S/C18H20IN3O3/c1-12(2)25-18-13(6-5-9-20-18)10-21-16(23)11-22-17(24)14-7-3-4-8-15(14)19/h3-9,12H,10-11H2,1-2H3,(H,21,23)(H,22,24). The third kappa shape index (κ3) is 6.00. The molecule has 1 heterocycles. The quantitative estimate of drug-likeness (QED) is 0.632. The van der Waals surface area contributed by atoms with Gasteiger partial charge in [-0.15, -0.1) is 0 Å². The molecule has 0 saturated heterocycles. The van der Waals surface area contributed by atoms with Gasteiger partial charge in [-0.05, 0) is 54.6 Å². The fraction of sp³-hybridized carbons (Fsp3) is 0.278. The summed E-state index contributed by atoms with van der Waals surface area (Å²) in [5.41, 5.74) is 1.34. The molecule has 7 heteroatoms. The smallest absolute Gasteiger partial charge is 0.252 e. The summed E-state index contributed by atoms with van der Waals surface area (Å²) in [6, 6.07) is 10.8. The van der Waals surface area contributed by atoms with E-state index in [1.54, 1.807) is 24.4 Å². The SMILES string of the molecule is CC(C)Oc1ncccc1CNC(=O)CNC(=O)c1ccccc1I. The summed E-state index contributed by atoms with van der Waals surface area (Å²) in [6.45, 7) is 4.02. The van der Waals surface area contributed by atoms with Crippen LogP contribution in [0.15, 0.2) is 42.6 Å². The predicted molar refractivity (Wildman–Crippen MR) is 103 cm³/mol. The number of aromatic nitrogens is 1. The average Bonchev–Trinajstić information content (AvgIpc) is 2.59. The molecule has 0 fully saturated rings. The molecule has 6 nitrogen and oxygen atoms in total. The van der Waals surface area contributed by atoms with Crippen molar-refractivity contribution in [3.05, 3.63) is 57.3 Å². The maximum Gasteiger partial charge on any atom is 0.252 e. The van der Waals surface area contributed by atoms with Crippen LogP contribution in [0.2, 0.25) is 0 Å². The number of carbonyl (C=O) groups excluding carboxylic acids is 2. The number of pyridine rings is 1. The van der Waals surface area contributed by atoms with E-state index in [-0.39, 0.29) is 31.0 Å². The second-order valence-electron chi connectivity index (χ2n) is 5.57. The monoisotopic (exact) mass is 453 g/mol. The predicted octanol–water partition coefficient (Wildman–Crippen LogP) is 2.52. The van der Waals surface area contributed by atoms with Gasteiger partial charge in [-0.3, -0.25) is 9.59 Å². The van der Waals surface area contributed by atoms with E-state index in [2.05, 4.69) is 38.2 Å². The fourth-order valence-corrected chi connectivity index (χ4v) is 2.68. The molecule has 132 valence electrons. The van der Waals surface area contributed by atoms with Crippen LogP contribution in [-0.2, 0) is 11.3 Å². The van der Waals surface area contributed by atoms with Crippen LogP contribution in [0.4, 0.5) is 0 Å². The average molecular weight is 453 g/mol. The zero-order valence-electron chi connectivity index (χ0n) is 14.1. The second kappa shape index (κ2) is 9.36. The molecule has 0 aliphatic carbocycles. The Morgan fingerprint density at radius 3 is 2.64 bits per heavy atom. The number of rotatable bonds is 7. The number of carbonyl (C=O) groups is 2. The highest BCUT2D eigenvalue weighted by molar-refractivity contribution is 14.1. The molecule has 0 spiro atoms. The van der Waals surface area contributed by atoms with Gasteiger partial charge in [-0.1, -0.05) is 18.2 Å². The Labute approximate surface area is 160 Å². The van der Waals surface area contributed by atoms with Crippen LogP contribution in [0.25, 0.3) is 0 Å². The summed E-state index contributed by atoms with van der Waals surface area (Å²) < 4.78 is 6.45. The van der Waals surface area contributed by atoms with Gasteiger partial charge >= 0.3 is 0 Å². The molecule has 1 aromatic carbocycles. The van der Waals surface area contributed by atoms with Gasteiger partial charge in [0.15, 0.2) is 0 Å². The van der Waals surface area contributed by atoms with Crippen molar-refractivity contribution in [2.45, 2.75) is 26.5 Å². The lowest BCUT2D eigenvalue weighted by Gasteiger charge is -2.13. The summed E-state index contributed by atoms with van der Waals surface area (Å²) in [5, 5.41) is 5.38. The first kappa shape index (κ1) is 19.2. The number of halogens is 1. The number of hydrogen-bond acceptors (Lipinski definition) is 4. The molecule has 2 amide bonds. The summed E-state index contributed by atoms with van der Waals surface area (Å²) in [5.74, 6) is -0.0512. The number of nitrogens with one attached hydrogen (secondary N) is 2. The molecule has 2 aromatic rings. The van der Waals surface area contributed by atoms with Gasteiger partial charge in [-0.25, -0.2) is 4.98 Å². The summed E-state index contributed by atoms with van der Waals surface area (Å²) in [7, 11) is 0. The Hall–Kier alpha value is -2.16. The van der Waals surface area contributed by atoms with Gasteiger partial charge in [0.05, 0.1) is 18.2 Å². The number of amides is 2. The Balaban J connectivity index is 1.85. The van der Waals surface area contributed by atoms with E-state index in [1.165, 1.54) is 0 Å². The van der Waals surface area contributed by atoms with E-state index < -0.39 is 0 Å². The Bertz CT molecular complexity index is 750. The molecule has 0 atom stereocenters. The van der Waals surface area contributed by atoms with Crippen molar-refractivity contribution in [2.24, 2.45) is 0 Å². The minimum atomic E-state index is -0.279. The van der Waals surface area contributed by atoms with Gasteiger partial charge in [-0.2, -0.15) is 0 Å². The van der Waals surface area contributed by atoms with E-state index in [0.717, 1.165) is 9.13 Å². The van der Waals surface area contributed by atoms with Crippen molar-refractivity contribution >= 4 is 34.4 Å². The molecule has 0 saturated carbocycles. The number of ether oxygens (including phenoxy) is 1. The van der Waals surface area contributed by atoms with Gasteiger partial charge < -0.3 is 15.4 Å². The molecule has 2 rings (SSSR count). The third-order valence-corrected chi connectivity index (χ3v) is 4.14. The summed E-state index contributed by atoms with van der Waals surface area (Å²) >= 11 is 2.09. The summed E-state index contributed by atoms with van der Waals surface area (Å²) in [6.07, 6.45) is 1.64. The molecule has 0 aliphatic rings. The van der Waals surface area contributed by atoms with Crippen molar-refractivity contribution in [1.82, 2.24) is 15.6 Å². The van der Waals surface area contributed by atoms with Crippen LogP contribution >= 0.6 is 22.6 Å². The lowest BCUT2D eigenvalue weighted by Crippen LogP contribution is -2.37. The summed E-state index contributed by atoms with van der Waals surface area (Å²) in [4.78, 5) is 28.3. The zero-order valence-corrected chi connectivity index (χ0v) is 16.2. The van der Waals surface area contributed by atoms with Gasteiger partial charge in [0.1, 0.15) is 0 Å². The highest BCUT2D eigenvalue weighted by Crippen LogP contribution is 2.15. The maximum absolute atomic E-state index is 12.1. The van der Waals surface area contributed by atoms with E-state index in [9.17, 15) is 9.59 Å². The van der Waals surface area contributed by atoms with Gasteiger partial charge in [0.2, 0.25) is 11.8 Å². The van der Waals surface area contributed by atoms with Crippen LogP contribution in [0.5, 0.6) is 5.88 Å². The van der Waals surface area contributed by atoms with Crippen LogP contribution in [0.1, 0.15) is 29.8 Å². The first-order chi connectivity index (χ1) is 12.0. The Kier molecular flexibility index (Phi) is 7.17. The van der Waals surface area contributed by atoms with Gasteiger partial charge in [0, 0.05) is 21.9 Å². The number of benzene rings is 1. The molecule has 0 aliphatic heterocycles. The van der Waals surface area contributed by atoms with Crippen LogP contribution in [0.3, 0.4) is 0 Å². The van der Waals surface area contributed by atoms with Crippen molar-refractivity contribution in [3.63, 3.8) is 0 Å². The highest BCUT2D eigenvalue weighted by Gasteiger charge is 2.12. The largest absolute Gasteiger partial charge is 0.475 e. The number of hydrogen-bond donors (Lipinski definition) is 2. The van der Waals surface area contributed by atoms with Crippen LogP contribution in [-0.4, -0.2) is 29.4 Å². The van der Waals surface area contributed by atoms with E-state index >= 15 is 0 Å². The lowest BCUT2D eigenvalue weighted by molar-refractivity contribution is -0.120. The highest BCUT2D eigenvalue weighted by atomic mass is 127. The normalized spacial score (nSPS) is 10.4.